The van der Waals surface area contributed by atoms with Gasteiger partial charge in [0.2, 0.25) is 5.91 Å². The van der Waals surface area contributed by atoms with Crippen LogP contribution in [0, 0.1) is 0 Å². The second kappa shape index (κ2) is 13.9. The molecule has 0 unspecified atom stereocenters. The molecule has 2 saturated heterocycles. The Kier molecular flexibility index (Phi) is 11.3. The van der Waals surface area contributed by atoms with Crippen LogP contribution in [0.3, 0.4) is 0 Å². The standard InChI is InChI=1S/C20H21NO4.C6H11NO3.ClH/c1-25-20(24)17-12-16(22)13-21(17)19(23)18(14-8-4-2-5-9-14)15-10-6-3-7-11-15;1-10-6(9)5-2-4(8)3-7-5;/h2-11,16-18,22H,12-13H2,1H3;4-5,7-8H,2-3H2,1H3;1H/t16-,17+;4-,5+;/m11./s1. The highest BCUT2D eigenvalue weighted by molar-refractivity contribution is 5.91. The van der Waals surface area contributed by atoms with Crippen molar-refractivity contribution >= 4 is 30.3 Å². The number of carbonyl (C=O) groups excluding carboxylic acids is 3. The predicted molar refractivity (Wildman–Crippen MR) is 135 cm³/mol. The largest absolute Gasteiger partial charge is 0.468 e. The van der Waals surface area contributed by atoms with Crippen LogP contribution < -0.4 is 5.32 Å². The lowest BCUT2D eigenvalue weighted by Crippen LogP contribution is -2.43. The molecule has 0 aliphatic carbocycles. The van der Waals surface area contributed by atoms with Gasteiger partial charge in [-0.05, 0) is 11.1 Å². The summed E-state index contributed by atoms with van der Waals surface area (Å²) in [6, 6.07) is 17.9. The van der Waals surface area contributed by atoms with Gasteiger partial charge >= 0.3 is 11.9 Å². The molecule has 2 heterocycles. The molecule has 196 valence electrons. The molecule has 1 amide bonds. The summed E-state index contributed by atoms with van der Waals surface area (Å²) in [4.78, 5) is 37.6. The van der Waals surface area contributed by atoms with Crippen LogP contribution in [0.2, 0.25) is 0 Å². The molecular weight excluding hydrogens is 488 g/mol. The summed E-state index contributed by atoms with van der Waals surface area (Å²) in [6.45, 7) is 0.620. The van der Waals surface area contributed by atoms with E-state index in [2.05, 4.69) is 10.1 Å². The van der Waals surface area contributed by atoms with Gasteiger partial charge in [-0.1, -0.05) is 60.7 Å². The van der Waals surface area contributed by atoms with Crippen molar-refractivity contribution in [3.63, 3.8) is 0 Å². The number of halogens is 1. The number of aliphatic hydroxyl groups excluding tert-OH is 2. The highest BCUT2D eigenvalue weighted by Gasteiger charge is 2.42. The van der Waals surface area contributed by atoms with E-state index in [0.717, 1.165) is 11.1 Å². The van der Waals surface area contributed by atoms with E-state index < -0.39 is 30.1 Å². The number of carbonyl (C=O) groups is 3. The summed E-state index contributed by atoms with van der Waals surface area (Å²) in [7, 11) is 2.64. The lowest BCUT2D eigenvalue weighted by molar-refractivity contribution is -0.151. The minimum atomic E-state index is -0.748. The number of aliphatic hydroxyl groups is 2. The Balaban J connectivity index is 0.000000350. The Morgan fingerprint density at radius 2 is 1.39 bits per heavy atom. The van der Waals surface area contributed by atoms with Gasteiger partial charge in [-0.2, -0.15) is 0 Å². The SMILES string of the molecule is COC(=O)[C@@H]1C[C@@H](O)CN1.COC(=O)[C@@H]1C[C@@H](O)CN1C(=O)C(c1ccccc1)c1ccccc1.Cl. The van der Waals surface area contributed by atoms with Gasteiger partial charge in [0, 0.05) is 25.9 Å². The Morgan fingerprint density at radius 3 is 1.83 bits per heavy atom. The number of hydrogen-bond acceptors (Lipinski definition) is 8. The number of nitrogens with one attached hydrogen (secondary N) is 1. The molecular formula is C26H33ClN2O7. The molecule has 0 saturated carbocycles. The first-order chi connectivity index (χ1) is 16.8. The van der Waals surface area contributed by atoms with Crippen LogP contribution in [0.15, 0.2) is 60.7 Å². The fourth-order valence-electron chi connectivity index (χ4n) is 4.39. The van der Waals surface area contributed by atoms with Crippen molar-refractivity contribution in [3.05, 3.63) is 71.8 Å². The van der Waals surface area contributed by atoms with Crippen LogP contribution in [0.5, 0.6) is 0 Å². The summed E-state index contributed by atoms with van der Waals surface area (Å²) in [5.74, 6) is -1.52. The molecule has 10 heteroatoms. The molecule has 2 fully saturated rings. The number of methoxy groups -OCH3 is 2. The van der Waals surface area contributed by atoms with Crippen molar-refractivity contribution in [2.45, 2.75) is 43.1 Å². The normalized spacial score (nSPS) is 22.8. The van der Waals surface area contributed by atoms with Gasteiger partial charge in [0.25, 0.3) is 0 Å². The third-order valence-electron chi connectivity index (χ3n) is 6.14. The average molecular weight is 521 g/mol. The third-order valence-corrected chi connectivity index (χ3v) is 6.14. The van der Waals surface area contributed by atoms with Crippen LogP contribution in [-0.4, -0.2) is 84.6 Å². The van der Waals surface area contributed by atoms with E-state index >= 15 is 0 Å². The van der Waals surface area contributed by atoms with E-state index in [1.165, 1.54) is 19.1 Å². The number of ether oxygens (including phenoxy) is 2. The summed E-state index contributed by atoms with van der Waals surface area (Å²) in [6.07, 6.45) is -0.453. The summed E-state index contributed by atoms with van der Waals surface area (Å²) in [5, 5.41) is 21.8. The molecule has 4 atom stereocenters. The number of likely N-dealkylation sites (tertiary alicyclic amines) is 1. The Labute approximate surface area is 216 Å². The first kappa shape index (κ1) is 29.3. The molecule has 0 radical (unpaired) electrons. The maximum absolute atomic E-state index is 13.3. The lowest BCUT2D eigenvalue weighted by Gasteiger charge is -2.28. The van der Waals surface area contributed by atoms with Gasteiger partial charge in [-0.3, -0.25) is 9.59 Å². The van der Waals surface area contributed by atoms with Crippen LogP contribution in [-0.2, 0) is 23.9 Å². The number of hydrogen-bond donors (Lipinski definition) is 3. The average Bonchev–Trinajstić information content (AvgIpc) is 3.50. The first-order valence-electron chi connectivity index (χ1n) is 11.5. The van der Waals surface area contributed by atoms with E-state index in [-0.39, 0.29) is 43.3 Å². The van der Waals surface area contributed by atoms with Crippen molar-refractivity contribution in [3.8, 4) is 0 Å². The highest BCUT2D eigenvalue weighted by atomic mass is 35.5. The molecule has 2 aromatic carbocycles. The molecule has 3 N–H and O–H groups in total. The van der Waals surface area contributed by atoms with Crippen molar-refractivity contribution in [1.29, 1.82) is 0 Å². The second-order valence-electron chi connectivity index (χ2n) is 8.55. The van der Waals surface area contributed by atoms with Crippen molar-refractivity contribution in [2.75, 3.05) is 27.3 Å². The van der Waals surface area contributed by atoms with Crippen LogP contribution in [0.1, 0.15) is 29.9 Å². The Morgan fingerprint density at radius 1 is 0.861 bits per heavy atom. The third kappa shape index (κ3) is 7.27. The lowest BCUT2D eigenvalue weighted by atomic mass is 9.90. The number of esters is 2. The molecule has 9 nitrogen and oxygen atoms in total. The van der Waals surface area contributed by atoms with Crippen LogP contribution in [0.4, 0.5) is 0 Å². The van der Waals surface area contributed by atoms with Crippen LogP contribution >= 0.6 is 12.4 Å². The zero-order chi connectivity index (χ0) is 25.4. The minimum absolute atomic E-state index is 0. The van der Waals surface area contributed by atoms with Gasteiger partial charge in [-0.25, -0.2) is 4.79 Å². The zero-order valence-electron chi connectivity index (χ0n) is 20.3. The van der Waals surface area contributed by atoms with Crippen molar-refractivity contribution < 1.29 is 34.1 Å². The minimum Gasteiger partial charge on any atom is -0.468 e. The number of rotatable bonds is 5. The highest BCUT2D eigenvalue weighted by Crippen LogP contribution is 2.30. The number of β-amino-alcohol motifs (C(OH)–C–C–N with tert-alkyl or cyclic N) is 2. The summed E-state index contributed by atoms with van der Waals surface area (Å²) < 4.78 is 9.28. The van der Waals surface area contributed by atoms with Gasteiger partial charge in [0.15, 0.2) is 0 Å². The fourth-order valence-corrected chi connectivity index (χ4v) is 4.39. The molecule has 2 aliphatic heterocycles. The molecule has 4 rings (SSSR count). The quantitative estimate of drug-likeness (QED) is 0.503. The van der Waals surface area contributed by atoms with E-state index in [4.69, 9.17) is 9.84 Å². The van der Waals surface area contributed by atoms with Gasteiger partial charge < -0.3 is 29.9 Å². The summed E-state index contributed by atoms with van der Waals surface area (Å²) in [5.41, 5.74) is 1.70. The summed E-state index contributed by atoms with van der Waals surface area (Å²) >= 11 is 0. The van der Waals surface area contributed by atoms with Gasteiger partial charge in [0.05, 0.1) is 32.3 Å². The first-order valence-corrected chi connectivity index (χ1v) is 11.5. The zero-order valence-corrected chi connectivity index (χ0v) is 21.1. The van der Waals surface area contributed by atoms with Crippen LogP contribution in [0.25, 0.3) is 0 Å². The molecule has 0 aromatic heterocycles. The van der Waals surface area contributed by atoms with E-state index in [9.17, 15) is 19.5 Å². The molecule has 2 aliphatic rings. The molecule has 0 spiro atoms. The van der Waals surface area contributed by atoms with Crippen molar-refractivity contribution in [2.24, 2.45) is 0 Å². The number of nitrogens with zero attached hydrogens (tertiary/aromatic N) is 1. The monoisotopic (exact) mass is 520 g/mol. The smallest absolute Gasteiger partial charge is 0.328 e. The molecule has 2 aromatic rings. The second-order valence-corrected chi connectivity index (χ2v) is 8.55. The van der Waals surface area contributed by atoms with Gasteiger partial charge in [0.1, 0.15) is 12.1 Å². The van der Waals surface area contributed by atoms with Crippen molar-refractivity contribution in [1.82, 2.24) is 10.2 Å². The maximum Gasteiger partial charge on any atom is 0.328 e. The maximum atomic E-state index is 13.3. The van der Waals surface area contributed by atoms with Gasteiger partial charge in [-0.15, -0.1) is 12.4 Å². The van der Waals surface area contributed by atoms with E-state index in [0.29, 0.717) is 13.0 Å². The van der Waals surface area contributed by atoms with E-state index in [1.54, 1.807) is 0 Å². The number of benzene rings is 2. The fraction of sp³-hybridized carbons (Fsp3) is 0.423. The molecule has 36 heavy (non-hydrogen) atoms. The topological polar surface area (TPSA) is 125 Å². The molecule has 0 bridgehead atoms. The predicted octanol–water partition coefficient (Wildman–Crippen LogP) is 1.26. The number of amides is 1. The Hall–Kier alpha value is -2.98. The van der Waals surface area contributed by atoms with E-state index in [1.807, 2.05) is 60.7 Å². The Bertz CT molecular complexity index is 953.